The van der Waals surface area contributed by atoms with Gasteiger partial charge in [0.1, 0.15) is 7.85 Å². The lowest BCUT2D eigenvalue weighted by molar-refractivity contribution is -0.110. The first-order valence-corrected chi connectivity index (χ1v) is 3.86. The highest BCUT2D eigenvalue weighted by molar-refractivity contribution is 6.32. The topological polar surface area (TPSA) is 42.0 Å². The number of carbonyl (C=O) groups is 1. The Labute approximate surface area is 72.6 Å². The maximum Gasteiger partial charge on any atom is 0.207 e. The molecule has 0 saturated carbocycles. The fourth-order valence-electron chi connectivity index (χ4n) is 0.984. The summed E-state index contributed by atoms with van der Waals surface area (Å²) < 4.78 is 0. The van der Waals surface area contributed by atoms with Crippen LogP contribution >= 0.6 is 0 Å². The van der Waals surface area contributed by atoms with Gasteiger partial charge in [0, 0.05) is 6.20 Å². The van der Waals surface area contributed by atoms with Crippen LogP contribution in [0.4, 0.5) is 0 Å². The highest BCUT2D eigenvalue weighted by Crippen LogP contribution is 2.04. The van der Waals surface area contributed by atoms with Gasteiger partial charge in [-0.25, -0.2) is 0 Å². The van der Waals surface area contributed by atoms with Crippen LogP contribution in [0.15, 0.2) is 18.3 Å². The molecule has 1 heterocycles. The average Bonchev–Trinajstić information content (AvgIpc) is 2.05. The van der Waals surface area contributed by atoms with Crippen molar-refractivity contribution in [3.05, 3.63) is 24.0 Å². The van der Waals surface area contributed by atoms with E-state index in [-0.39, 0.29) is 6.04 Å². The zero-order valence-electron chi connectivity index (χ0n) is 7.24. The molecule has 0 radical (unpaired) electrons. The van der Waals surface area contributed by atoms with Crippen molar-refractivity contribution < 1.29 is 4.79 Å². The van der Waals surface area contributed by atoms with E-state index in [1.807, 2.05) is 26.9 Å². The fourth-order valence-corrected chi connectivity index (χ4v) is 0.984. The standard InChI is InChI=1S/C8H11BN2O/c1-6(11-5-12)8-4-7(9)2-3-10-8/h2-6H,9H2,1H3,(H,11,12). The number of pyridine rings is 1. The predicted octanol–water partition coefficient (Wildman–Crippen LogP) is -0.853. The van der Waals surface area contributed by atoms with Crippen molar-refractivity contribution in [3.63, 3.8) is 0 Å². The van der Waals surface area contributed by atoms with Crippen molar-refractivity contribution >= 4 is 19.7 Å². The Morgan fingerprint density at radius 3 is 3.08 bits per heavy atom. The molecular formula is C8H11BN2O. The Morgan fingerprint density at radius 2 is 2.50 bits per heavy atom. The molecule has 0 saturated heterocycles. The van der Waals surface area contributed by atoms with Crippen LogP contribution in [0.5, 0.6) is 0 Å². The molecule has 0 aliphatic heterocycles. The average molecular weight is 162 g/mol. The van der Waals surface area contributed by atoms with Crippen LogP contribution in [-0.4, -0.2) is 19.2 Å². The van der Waals surface area contributed by atoms with Gasteiger partial charge in [0.05, 0.1) is 11.7 Å². The number of carbonyl (C=O) groups excluding carboxylic acids is 1. The van der Waals surface area contributed by atoms with Crippen LogP contribution in [0.3, 0.4) is 0 Å². The third kappa shape index (κ3) is 2.08. The number of rotatable bonds is 3. The second-order valence-electron chi connectivity index (χ2n) is 2.76. The molecule has 0 aromatic carbocycles. The van der Waals surface area contributed by atoms with E-state index in [2.05, 4.69) is 10.3 Å². The molecule has 0 fully saturated rings. The summed E-state index contributed by atoms with van der Waals surface area (Å²) in [5.74, 6) is 0. The summed E-state index contributed by atoms with van der Waals surface area (Å²) in [6.45, 7) is 1.90. The first-order valence-electron chi connectivity index (χ1n) is 3.86. The molecule has 1 N–H and O–H groups in total. The molecule has 0 aliphatic carbocycles. The third-order valence-electron chi connectivity index (χ3n) is 1.70. The van der Waals surface area contributed by atoms with Gasteiger partial charge in [-0.1, -0.05) is 11.5 Å². The van der Waals surface area contributed by atoms with Gasteiger partial charge < -0.3 is 5.32 Å². The van der Waals surface area contributed by atoms with Crippen LogP contribution in [0.25, 0.3) is 0 Å². The lowest BCUT2D eigenvalue weighted by Crippen LogP contribution is -2.19. The summed E-state index contributed by atoms with van der Waals surface area (Å²) in [6, 6.07) is 3.88. The van der Waals surface area contributed by atoms with Gasteiger partial charge in [0.15, 0.2) is 0 Å². The summed E-state index contributed by atoms with van der Waals surface area (Å²) in [4.78, 5) is 14.3. The molecule has 1 rings (SSSR count). The zero-order chi connectivity index (χ0) is 8.97. The number of aromatic nitrogens is 1. The molecule has 12 heavy (non-hydrogen) atoms. The van der Waals surface area contributed by atoms with E-state index in [4.69, 9.17) is 0 Å². The lowest BCUT2D eigenvalue weighted by Gasteiger charge is -2.09. The van der Waals surface area contributed by atoms with Crippen LogP contribution in [-0.2, 0) is 4.79 Å². The van der Waals surface area contributed by atoms with Crippen LogP contribution < -0.4 is 10.8 Å². The molecule has 1 amide bonds. The minimum Gasteiger partial charge on any atom is -0.351 e. The van der Waals surface area contributed by atoms with E-state index in [1.54, 1.807) is 6.20 Å². The molecule has 62 valence electrons. The van der Waals surface area contributed by atoms with Gasteiger partial charge in [-0.3, -0.25) is 9.78 Å². The number of nitrogens with zero attached hydrogens (tertiary/aromatic N) is 1. The first kappa shape index (κ1) is 8.78. The fraction of sp³-hybridized carbons (Fsp3) is 0.250. The molecule has 3 nitrogen and oxygen atoms in total. The second kappa shape index (κ2) is 3.90. The molecule has 1 atom stereocenters. The van der Waals surface area contributed by atoms with E-state index in [0.29, 0.717) is 6.41 Å². The van der Waals surface area contributed by atoms with Gasteiger partial charge in [-0.15, -0.1) is 0 Å². The summed E-state index contributed by atoms with van der Waals surface area (Å²) in [5.41, 5.74) is 2.04. The Kier molecular flexibility index (Phi) is 2.85. The van der Waals surface area contributed by atoms with Crippen molar-refractivity contribution in [2.24, 2.45) is 0 Å². The van der Waals surface area contributed by atoms with Crippen LogP contribution in [0.2, 0.25) is 0 Å². The van der Waals surface area contributed by atoms with Gasteiger partial charge in [-0.05, 0) is 13.0 Å². The number of amides is 1. The minimum absolute atomic E-state index is 0.0117. The molecule has 1 aromatic rings. The predicted molar refractivity (Wildman–Crippen MR) is 50.0 cm³/mol. The normalized spacial score (nSPS) is 12.1. The highest BCUT2D eigenvalue weighted by atomic mass is 16.1. The summed E-state index contributed by atoms with van der Waals surface area (Å²) >= 11 is 0. The molecule has 4 heteroatoms. The second-order valence-corrected chi connectivity index (χ2v) is 2.76. The molecule has 1 aromatic heterocycles. The molecule has 0 bridgehead atoms. The molecule has 1 unspecified atom stereocenters. The van der Waals surface area contributed by atoms with E-state index in [0.717, 1.165) is 11.2 Å². The van der Waals surface area contributed by atoms with Crippen molar-refractivity contribution in [1.82, 2.24) is 10.3 Å². The Balaban J connectivity index is 2.80. The van der Waals surface area contributed by atoms with Crippen LogP contribution in [0.1, 0.15) is 18.7 Å². The molecular weight excluding hydrogens is 151 g/mol. The van der Waals surface area contributed by atoms with E-state index in [9.17, 15) is 4.79 Å². The maximum absolute atomic E-state index is 10.1. The molecule has 0 aliphatic rings. The number of hydrogen-bond acceptors (Lipinski definition) is 2. The number of nitrogens with one attached hydrogen (secondary N) is 1. The van der Waals surface area contributed by atoms with Crippen molar-refractivity contribution in [1.29, 1.82) is 0 Å². The quantitative estimate of drug-likeness (QED) is 0.464. The third-order valence-corrected chi connectivity index (χ3v) is 1.70. The van der Waals surface area contributed by atoms with Gasteiger partial charge in [0.25, 0.3) is 0 Å². The largest absolute Gasteiger partial charge is 0.351 e. The van der Waals surface area contributed by atoms with E-state index in [1.165, 1.54) is 0 Å². The van der Waals surface area contributed by atoms with Crippen molar-refractivity contribution in [3.8, 4) is 0 Å². The Morgan fingerprint density at radius 1 is 1.75 bits per heavy atom. The summed E-state index contributed by atoms with van der Waals surface area (Å²) in [6.07, 6.45) is 2.43. The lowest BCUT2D eigenvalue weighted by atomic mass is 9.96. The monoisotopic (exact) mass is 162 g/mol. The van der Waals surface area contributed by atoms with Crippen molar-refractivity contribution in [2.75, 3.05) is 0 Å². The van der Waals surface area contributed by atoms with Crippen LogP contribution in [0, 0.1) is 0 Å². The first-order chi connectivity index (χ1) is 5.74. The van der Waals surface area contributed by atoms with Gasteiger partial charge in [0.2, 0.25) is 6.41 Å². The van der Waals surface area contributed by atoms with Crippen molar-refractivity contribution in [2.45, 2.75) is 13.0 Å². The summed E-state index contributed by atoms with van der Waals surface area (Å²) in [5, 5.41) is 2.65. The SMILES string of the molecule is Bc1ccnc(C(C)NC=O)c1. The number of hydrogen-bond donors (Lipinski definition) is 1. The van der Waals surface area contributed by atoms with E-state index < -0.39 is 0 Å². The zero-order valence-corrected chi connectivity index (χ0v) is 7.24. The highest BCUT2D eigenvalue weighted by Gasteiger charge is 2.03. The van der Waals surface area contributed by atoms with Gasteiger partial charge >= 0.3 is 0 Å². The van der Waals surface area contributed by atoms with Gasteiger partial charge in [-0.2, -0.15) is 0 Å². The Bertz CT molecular complexity index is 278. The Hall–Kier alpha value is -1.32. The maximum atomic E-state index is 10.1. The smallest absolute Gasteiger partial charge is 0.207 e. The van der Waals surface area contributed by atoms with E-state index >= 15 is 0 Å². The molecule has 0 spiro atoms. The summed E-state index contributed by atoms with van der Waals surface area (Å²) in [7, 11) is 2.00. The minimum atomic E-state index is -0.0117.